The van der Waals surface area contributed by atoms with Gasteiger partial charge in [-0.1, -0.05) is 113 Å². The molecule has 0 radical (unpaired) electrons. The number of carboxylic acid groups (broad SMARTS) is 1. The number of aliphatic carboxylic acids is 1. The molecule has 27 N–H and O–H groups in total. The second kappa shape index (κ2) is 47.6. The van der Waals surface area contributed by atoms with Gasteiger partial charge in [-0.05, 0) is 119 Å². The molecule has 4 unspecified atom stereocenters. The van der Waals surface area contributed by atoms with Crippen molar-refractivity contribution in [2.24, 2.45) is 22.9 Å². The van der Waals surface area contributed by atoms with Gasteiger partial charge in [-0.25, -0.2) is 4.79 Å². The van der Waals surface area contributed by atoms with Crippen LogP contribution in [0, 0.1) is 0 Å². The number of fused-ring (bicyclic) bond motifs is 1. The molecule has 15 atom stereocenters. The highest BCUT2D eigenvalue weighted by atomic mass is 33.1. The van der Waals surface area contributed by atoms with Crippen molar-refractivity contribution < 1.29 is 97.5 Å². The van der Waals surface area contributed by atoms with Gasteiger partial charge in [0.15, 0.2) is 0 Å². The summed E-state index contributed by atoms with van der Waals surface area (Å²) in [6.45, 7) is 1.77. The van der Waals surface area contributed by atoms with Crippen LogP contribution in [-0.2, 0) is 97.6 Å². The lowest BCUT2D eigenvalue weighted by Crippen LogP contribution is -2.63. The minimum atomic E-state index is -2.03. The zero-order valence-electron chi connectivity index (χ0n) is 64.1. The average molecular weight is 1650 g/mol. The monoisotopic (exact) mass is 1650 g/mol. The summed E-state index contributed by atoms with van der Waals surface area (Å²) >= 11 is 0. The fourth-order valence-corrected chi connectivity index (χ4v) is 14.2. The SMILES string of the molecule is C[C@H](N)C(=O)NCC(=O)N[C@@H]1CSSC[C@@H](C(=O)O)NC(=O)[C@H](CO)NC(=O)C([C@@H](C)O)NC(=O)[C@H](Cc2ccc(O)cc2)NC(=O)C([C@@H](C)O)NC(=O)[C@H](CCCCN)NC(=O)[C@H](Cc2cc3ccccc3[nH]2)NC(=O)[C@H](Cc2ccccc2)NC(=O)C(Cc2ccccc2)NC(=O)C(CC(N)=O)NC(=O)[C@H](CCCCN)NC1=O. The van der Waals surface area contributed by atoms with E-state index in [-0.39, 0.29) is 75.8 Å². The van der Waals surface area contributed by atoms with E-state index in [2.05, 4.69) is 74.1 Å². The van der Waals surface area contributed by atoms with E-state index >= 15 is 14.4 Å². The number of carbonyl (C=O) groups is 15. The molecule has 0 spiro atoms. The van der Waals surface area contributed by atoms with E-state index in [9.17, 15) is 83.1 Å². The lowest BCUT2D eigenvalue weighted by atomic mass is 10.0. The van der Waals surface area contributed by atoms with Gasteiger partial charge in [0.25, 0.3) is 0 Å². The van der Waals surface area contributed by atoms with Gasteiger partial charge in [0.1, 0.15) is 78.3 Å². The van der Waals surface area contributed by atoms with Crippen LogP contribution in [0.15, 0.2) is 115 Å². The number of carboxylic acids is 1. The molecule has 0 bridgehead atoms. The number of aliphatic hydroxyl groups is 3. The first-order valence-corrected chi connectivity index (χ1v) is 40.0. The van der Waals surface area contributed by atoms with Crippen molar-refractivity contribution in [2.75, 3.05) is 37.7 Å². The highest BCUT2D eigenvalue weighted by Gasteiger charge is 2.40. The Morgan fingerprint density at radius 2 is 0.888 bits per heavy atom. The minimum absolute atomic E-state index is 0.0986. The number of carbonyl (C=O) groups excluding carboxylic acids is 14. The third kappa shape index (κ3) is 30.8. The number of amides is 14. The molecule has 4 aromatic carbocycles. The van der Waals surface area contributed by atoms with Crippen LogP contribution < -0.4 is 92.1 Å². The zero-order chi connectivity index (χ0) is 85.1. The zero-order valence-corrected chi connectivity index (χ0v) is 65.8. The highest BCUT2D eigenvalue weighted by molar-refractivity contribution is 8.76. The van der Waals surface area contributed by atoms with E-state index in [0.29, 0.717) is 44.9 Å². The number of phenolic OH excluding ortho intramolecular Hbond substituents is 1. The number of aromatic hydroxyl groups is 1. The van der Waals surface area contributed by atoms with Gasteiger partial charge < -0.3 is 123 Å². The van der Waals surface area contributed by atoms with E-state index in [0.717, 1.165) is 24.6 Å². The third-order valence-electron chi connectivity index (χ3n) is 18.3. The number of hydrogen-bond donors (Lipinski definition) is 23. The normalized spacial score (nSPS) is 23.6. The first-order valence-electron chi connectivity index (χ1n) is 37.5. The molecule has 116 heavy (non-hydrogen) atoms. The maximum Gasteiger partial charge on any atom is 0.327 e. The maximum atomic E-state index is 15.4. The van der Waals surface area contributed by atoms with Crippen molar-refractivity contribution in [3.05, 3.63) is 138 Å². The number of nitrogens with one attached hydrogen (secondary N) is 14. The minimum Gasteiger partial charge on any atom is -0.508 e. The van der Waals surface area contributed by atoms with Crippen molar-refractivity contribution in [1.29, 1.82) is 0 Å². The number of benzene rings is 4. The molecule has 1 saturated heterocycles. The van der Waals surface area contributed by atoms with Crippen molar-refractivity contribution in [2.45, 2.75) is 182 Å². The quantitative estimate of drug-likeness (QED) is 0.0182. The molecule has 0 aliphatic carbocycles. The Morgan fingerprint density at radius 1 is 0.483 bits per heavy atom. The first kappa shape index (κ1) is 93.6. The predicted octanol–water partition coefficient (Wildman–Crippen LogP) is -5.21. The van der Waals surface area contributed by atoms with E-state index in [4.69, 9.17) is 22.9 Å². The van der Waals surface area contributed by atoms with Crippen LogP contribution in [0.4, 0.5) is 0 Å². The molecule has 1 aliphatic heterocycles. The van der Waals surface area contributed by atoms with Crippen LogP contribution in [0.1, 0.15) is 88.1 Å². The number of para-hydroxylation sites is 1. The summed E-state index contributed by atoms with van der Waals surface area (Å²) in [7, 11) is 1.47. The topological polar surface area (TPSA) is 633 Å². The number of aromatic amines is 1. The van der Waals surface area contributed by atoms with Crippen LogP contribution in [0.3, 0.4) is 0 Å². The molecule has 0 saturated carbocycles. The summed E-state index contributed by atoms with van der Waals surface area (Å²) < 4.78 is 0. The Bertz CT molecular complexity index is 4150. The summed E-state index contributed by atoms with van der Waals surface area (Å²) in [6, 6.07) is 8.13. The van der Waals surface area contributed by atoms with E-state index in [1.54, 1.807) is 91.0 Å². The van der Waals surface area contributed by atoms with Crippen LogP contribution in [0.5, 0.6) is 5.75 Å². The number of nitrogens with two attached hydrogens (primary N) is 4. The van der Waals surface area contributed by atoms with Gasteiger partial charge in [0.05, 0.1) is 37.8 Å². The van der Waals surface area contributed by atoms with Crippen molar-refractivity contribution in [1.82, 2.24) is 74.1 Å². The van der Waals surface area contributed by atoms with Crippen LogP contribution >= 0.6 is 21.6 Å². The van der Waals surface area contributed by atoms with E-state index in [1.165, 1.54) is 31.2 Å². The number of phenols is 1. The molecule has 6 rings (SSSR count). The third-order valence-corrected chi connectivity index (χ3v) is 20.7. The highest BCUT2D eigenvalue weighted by Crippen LogP contribution is 2.24. The Balaban J connectivity index is 1.47. The molecule has 1 fully saturated rings. The number of unbranched alkanes of at least 4 members (excludes halogenated alkanes) is 2. The van der Waals surface area contributed by atoms with E-state index in [1.807, 2.05) is 0 Å². The Kier molecular flexibility index (Phi) is 38.4. The first-order chi connectivity index (χ1) is 55.3. The molecule has 5 aromatic rings. The second-order valence-electron chi connectivity index (χ2n) is 27.8. The van der Waals surface area contributed by atoms with Gasteiger partial charge in [-0.15, -0.1) is 0 Å². The fraction of sp³-hybridized carbons (Fsp3) is 0.461. The van der Waals surface area contributed by atoms with Gasteiger partial charge in [-0.2, -0.15) is 0 Å². The summed E-state index contributed by atoms with van der Waals surface area (Å²) in [6.07, 6.45) is -5.40. The summed E-state index contributed by atoms with van der Waals surface area (Å²) in [4.78, 5) is 217. The molecular formula is C76H104N18O20S2. The van der Waals surface area contributed by atoms with Gasteiger partial charge in [0.2, 0.25) is 82.7 Å². The lowest BCUT2D eigenvalue weighted by Gasteiger charge is -2.29. The van der Waals surface area contributed by atoms with Crippen molar-refractivity contribution >= 4 is 121 Å². The van der Waals surface area contributed by atoms with Crippen LogP contribution in [0.2, 0.25) is 0 Å². The molecule has 1 aromatic heterocycles. The van der Waals surface area contributed by atoms with Crippen molar-refractivity contribution in [3.63, 3.8) is 0 Å². The smallest absolute Gasteiger partial charge is 0.327 e. The molecule has 40 heteroatoms. The van der Waals surface area contributed by atoms with Crippen molar-refractivity contribution in [3.8, 4) is 5.75 Å². The largest absolute Gasteiger partial charge is 0.508 e. The standard InChI is InChI=1S/C76H104N18O20S2/c1-40(79)64(101)81-36-61(100)83-58-38-115-116-39-59(76(113)114)92-72(109)57(37-95)91-75(112)63(42(3)97)94-71(108)54(32-45-24-26-48(98)27-25-45)90-74(111)62(41(2)96)93-66(103)51(23-13-15-29-78)84-69(106)55(34-47-33-46-20-10-11-21-49(46)82-47)88-68(105)53(31-44-18-8-5-9-19-44)86-67(104)52(30-43-16-6-4-7-17-43)87-70(107)56(35-60(80)99)89-65(102)50(85-73(58)110)22-12-14-28-77/h4-11,16-21,24-27,33,40-42,50-59,62-63,82,95-98H,12-15,22-23,28-32,34-39,77-79H2,1-3H3,(H2,80,99)(H,81,101)(H,83,100)(H,84,106)(H,85,110)(H,86,104)(H,87,107)(H,88,105)(H,89,102)(H,90,111)(H,91,112)(H,92,109)(H,93,103)(H,94,108)(H,113,114)/t40-,41+,42+,50-,51-,52?,53-,54-,55-,56?,57-,58+,59-,62?,63?/m0/s1. The molecule has 2 heterocycles. The summed E-state index contributed by atoms with van der Waals surface area (Å²) in [5, 5.41) is 86.0. The van der Waals surface area contributed by atoms with Crippen LogP contribution in [-0.4, -0.2) is 248 Å². The number of hydrogen-bond acceptors (Lipinski definition) is 24. The van der Waals surface area contributed by atoms with Gasteiger partial charge >= 0.3 is 5.97 Å². The summed E-state index contributed by atoms with van der Waals surface area (Å²) in [5.74, 6) is -18.3. The predicted molar refractivity (Wildman–Crippen MR) is 427 cm³/mol. The Morgan fingerprint density at radius 3 is 1.36 bits per heavy atom. The fourth-order valence-electron chi connectivity index (χ4n) is 11.9. The molecule has 38 nitrogen and oxygen atoms in total. The lowest BCUT2D eigenvalue weighted by molar-refractivity contribution is -0.142. The Hall–Kier alpha value is -11.3. The van der Waals surface area contributed by atoms with Gasteiger partial charge in [-0.3, -0.25) is 67.1 Å². The van der Waals surface area contributed by atoms with Gasteiger partial charge in [0, 0.05) is 48.4 Å². The molecule has 1 aliphatic rings. The Labute approximate surface area is 675 Å². The number of aliphatic hydroxyl groups excluding tert-OH is 3. The number of aromatic nitrogens is 1. The van der Waals surface area contributed by atoms with Crippen LogP contribution in [0.25, 0.3) is 10.9 Å². The number of H-pyrrole nitrogens is 1. The number of primary amides is 1. The maximum absolute atomic E-state index is 15.4. The molecule has 14 amide bonds. The second-order valence-corrected chi connectivity index (χ2v) is 30.3. The molecular weight excluding hydrogens is 1550 g/mol. The van der Waals surface area contributed by atoms with E-state index < -0.39 is 217 Å². The number of rotatable bonds is 26. The molecule has 630 valence electrons. The average Bonchev–Trinajstić information content (AvgIpc) is 1.68. The summed E-state index contributed by atoms with van der Waals surface area (Å²) in [5.41, 5.74) is 25.3.